The Morgan fingerprint density at radius 2 is 2.20 bits per heavy atom. The van der Waals surface area contributed by atoms with Crippen molar-refractivity contribution in [1.29, 1.82) is 0 Å². The molecule has 0 spiro atoms. The number of aromatic nitrogens is 1. The van der Waals surface area contributed by atoms with Crippen molar-refractivity contribution < 1.29 is 18.7 Å². The molecule has 0 fully saturated rings. The van der Waals surface area contributed by atoms with Gasteiger partial charge in [0, 0.05) is 16.8 Å². The van der Waals surface area contributed by atoms with Gasteiger partial charge < -0.3 is 10.1 Å². The van der Waals surface area contributed by atoms with E-state index >= 15 is 0 Å². The summed E-state index contributed by atoms with van der Waals surface area (Å²) in [6, 6.07) is 0.937. The molecular formula is C9H9F2NO3. The third-order valence-electron chi connectivity index (χ3n) is 1.93. The van der Waals surface area contributed by atoms with E-state index in [1.54, 1.807) is 0 Å². The number of carbonyl (C=O) groups is 1. The number of hydrogen-bond donors (Lipinski definition) is 2. The summed E-state index contributed by atoms with van der Waals surface area (Å²) in [6.07, 6.45) is -3.29. The second-order valence-electron chi connectivity index (χ2n) is 3.08. The molecule has 1 aromatic rings. The fraction of sp³-hybridized carbons (Fsp3) is 0.333. The van der Waals surface area contributed by atoms with Crippen LogP contribution >= 0.6 is 0 Å². The standard InChI is InChI=1S/C9H9F2NO3/c1-4-6(8(10)11)2-5(3-7(13)14)9(15)12-4/h2,8H,3H2,1H3,(H,12,15)(H,13,14). The molecule has 1 aromatic heterocycles. The Morgan fingerprint density at radius 1 is 1.60 bits per heavy atom. The lowest BCUT2D eigenvalue weighted by Crippen LogP contribution is -2.18. The lowest BCUT2D eigenvalue weighted by molar-refractivity contribution is -0.136. The van der Waals surface area contributed by atoms with Gasteiger partial charge in [-0.3, -0.25) is 9.59 Å². The molecule has 0 radical (unpaired) electrons. The zero-order valence-electron chi connectivity index (χ0n) is 7.88. The van der Waals surface area contributed by atoms with Crippen molar-refractivity contribution in [2.75, 3.05) is 0 Å². The molecule has 1 rings (SSSR count). The highest BCUT2D eigenvalue weighted by Gasteiger charge is 2.15. The fourth-order valence-electron chi connectivity index (χ4n) is 1.21. The second-order valence-corrected chi connectivity index (χ2v) is 3.08. The lowest BCUT2D eigenvalue weighted by atomic mass is 10.1. The summed E-state index contributed by atoms with van der Waals surface area (Å²) in [6.45, 7) is 1.34. The normalized spacial score (nSPS) is 10.7. The van der Waals surface area contributed by atoms with Gasteiger partial charge in [0.1, 0.15) is 0 Å². The predicted molar refractivity (Wildman–Crippen MR) is 48.1 cm³/mol. The third-order valence-corrected chi connectivity index (χ3v) is 1.93. The van der Waals surface area contributed by atoms with Crippen LogP contribution in [-0.4, -0.2) is 16.1 Å². The number of nitrogens with one attached hydrogen (secondary N) is 1. The molecule has 1 heterocycles. The van der Waals surface area contributed by atoms with Crippen molar-refractivity contribution in [1.82, 2.24) is 4.98 Å². The van der Waals surface area contributed by atoms with Crippen LogP contribution in [-0.2, 0) is 11.2 Å². The molecule has 4 nitrogen and oxygen atoms in total. The van der Waals surface area contributed by atoms with Crippen LogP contribution in [0.25, 0.3) is 0 Å². The molecule has 82 valence electrons. The third kappa shape index (κ3) is 2.61. The van der Waals surface area contributed by atoms with Crippen LogP contribution in [0.5, 0.6) is 0 Å². The van der Waals surface area contributed by atoms with E-state index in [0.717, 1.165) is 6.07 Å². The van der Waals surface area contributed by atoms with Crippen LogP contribution in [0.4, 0.5) is 8.78 Å². The van der Waals surface area contributed by atoms with Crippen LogP contribution in [0, 0.1) is 6.92 Å². The van der Waals surface area contributed by atoms with Crippen LogP contribution in [0.15, 0.2) is 10.9 Å². The number of alkyl halides is 2. The highest BCUT2D eigenvalue weighted by Crippen LogP contribution is 2.20. The Labute approximate surface area is 83.6 Å². The van der Waals surface area contributed by atoms with E-state index in [0.29, 0.717) is 0 Å². The predicted octanol–water partition coefficient (Wildman–Crippen LogP) is 1.25. The summed E-state index contributed by atoms with van der Waals surface area (Å²) in [7, 11) is 0. The smallest absolute Gasteiger partial charge is 0.308 e. The molecule has 0 saturated carbocycles. The Hall–Kier alpha value is -1.72. The van der Waals surface area contributed by atoms with Crippen LogP contribution < -0.4 is 5.56 Å². The molecule has 0 amide bonds. The maximum atomic E-state index is 12.4. The molecule has 0 bridgehead atoms. The highest BCUT2D eigenvalue weighted by atomic mass is 19.3. The number of rotatable bonds is 3. The number of carboxylic acids is 1. The summed E-state index contributed by atoms with van der Waals surface area (Å²) in [5.74, 6) is -1.23. The molecule has 0 aliphatic rings. The zero-order valence-corrected chi connectivity index (χ0v) is 7.88. The van der Waals surface area contributed by atoms with Crippen molar-refractivity contribution in [3.05, 3.63) is 33.2 Å². The number of aromatic amines is 1. The van der Waals surface area contributed by atoms with E-state index in [1.807, 2.05) is 0 Å². The molecule has 0 aromatic carbocycles. The summed E-state index contributed by atoms with van der Waals surface area (Å²) in [5.41, 5.74) is -1.09. The first-order valence-electron chi connectivity index (χ1n) is 4.14. The fourth-order valence-corrected chi connectivity index (χ4v) is 1.21. The minimum atomic E-state index is -2.73. The molecular weight excluding hydrogens is 208 g/mol. The van der Waals surface area contributed by atoms with Gasteiger partial charge in [0.2, 0.25) is 0 Å². The molecule has 0 unspecified atom stereocenters. The first kappa shape index (κ1) is 11.4. The molecule has 15 heavy (non-hydrogen) atoms. The largest absolute Gasteiger partial charge is 0.481 e. The van der Waals surface area contributed by atoms with Crippen molar-refractivity contribution in [2.45, 2.75) is 19.8 Å². The number of halogens is 2. The van der Waals surface area contributed by atoms with Gasteiger partial charge in [-0.25, -0.2) is 8.78 Å². The number of aryl methyl sites for hydroxylation is 1. The van der Waals surface area contributed by atoms with Crippen molar-refractivity contribution in [2.24, 2.45) is 0 Å². The minimum absolute atomic E-state index is 0.0594. The van der Waals surface area contributed by atoms with E-state index < -0.39 is 24.4 Å². The first-order valence-corrected chi connectivity index (χ1v) is 4.14. The molecule has 6 heteroatoms. The number of carboxylic acid groups (broad SMARTS) is 1. The second kappa shape index (κ2) is 4.20. The summed E-state index contributed by atoms with van der Waals surface area (Å²) >= 11 is 0. The van der Waals surface area contributed by atoms with Gasteiger partial charge in [-0.1, -0.05) is 0 Å². The van der Waals surface area contributed by atoms with Crippen molar-refractivity contribution in [3.8, 4) is 0 Å². The zero-order chi connectivity index (χ0) is 11.6. The Bertz CT molecular complexity index is 439. The van der Waals surface area contributed by atoms with E-state index in [4.69, 9.17) is 5.11 Å². The van der Waals surface area contributed by atoms with Crippen LogP contribution in [0.2, 0.25) is 0 Å². The molecule has 0 aliphatic carbocycles. The average molecular weight is 217 g/mol. The first-order chi connectivity index (χ1) is 6.91. The van der Waals surface area contributed by atoms with Crippen molar-refractivity contribution >= 4 is 5.97 Å². The SMILES string of the molecule is Cc1[nH]c(=O)c(CC(=O)O)cc1C(F)F. The van der Waals surface area contributed by atoms with Crippen LogP contribution in [0.3, 0.4) is 0 Å². The Balaban J connectivity index is 3.23. The van der Waals surface area contributed by atoms with E-state index in [9.17, 15) is 18.4 Å². The maximum absolute atomic E-state index is 12.4. The quantitative estimate of drug-likeness (QED) is 0.800. The van der Waals surface area contributed by atoms with Crippen LogP contribution in [0.1, 0.15) is 23.2 Å². The summed E-state index contributed by atoms with van der Waals surface area (Å²) < 4.78 is 24.8. The van der Waals surface area contributed by atoms with Gasteiger partial charge >= 0.3 is 5.97 Å². The van der Waals surface area contributed by atoms with Gasteiger partial charge in [0.05, 0.1) is 6.42 Å². The maximum Gasteiger partial charge on any atom is 0.308 e. The van der Waals surface area contributed by atoms with Gasteiger partial charge in [0.25, 0.3) is 12.0 Å². The lowest BCUT2D eigenvalue weighted by Gasteiger charge is -2.05. The number of pyridine rings is 1. The summed E-state index contributed by atoms with van der Waals surface area (Å²) in [5, 5.41) is 8.45. The molecule has 0 atom stereocenters. The molecule has 0 aliphatic heterocycles. The Morgan fingerprint density at radius 3 is 2.67 bits per heavy atom. The van der Waals surface area contributed by atoms with E-state index in [2.05, 4.69) is 4.98 Å². The van der Waals surface area contributed by atoms with Crippen molar-refractivity contribution in [3.63, 3.8) is 0 Å². The monoisotopic (exact) mass is 217 g/mol. The van der Waals surface area contributed by atoms with Gasteiger partial charge in [-0.05, 0) is 13.0 Å². The van der Waals surface area contributed by atoms with E-state index in [1.165, 1.54) is 6.92 Å². The van der Waals surface area contributed by atoms with Gasteiger partial charge in [-0.2, -0.15) is 0 Å². The van der Waals surface area contributed by atoms with Gasteiger partial charge in [0.15, 0.2) is 0 Å². The molecule has 2 N–H and O–H groups in total. The number of H-pyrrole nitrogens is 1. The minimum Gasteiger partial charge on any atom is -0.481 e. The average Bonchev–Trinajstić information content (AvgIpc) is 2.08. The number of aliphatic carboxylic acids is 1. The Kier molecular flexibility index (Phi) is 3.18. The number of hydrogen-bond acceptors (Lipinski definition) is 2. The summed E-state index contributed by atoms with van der Waals surface area (Å²) in [4.78, 5) is 23.7. The molecule has 0 saturated heterocycles. The highest BCUT2D eigenvalue weighted by molar-refractivity contribution is 5.70. The van der Waals surface area contributed by atoms with E-state index in [-0.39, 0.29) is 16.8 Å². The van der Waals surface area contributed by atoms with Gasteiger partial charge in [-0.15, -0.1) is 0 Å². The topological polar surface area (TPSA) is 70.2 Å².